The summed E-state index contributed by atoms with van der Waals surface area (Å²) in [5.41, 5.74) is 0.569. The highest BCUT2D eigenvalue weighted by Gasteiger charge is 2.19. The van der Waals surface area contributed by atoms with E-state index in [0.29, 0.717) is 35.0 Å². The van der Waals surface area contributed by atoms with Crippen LogP contribution < -0.4 is 10.1 Å². The number of esters is 1. The second kappa shape index (κ2) is 11.6. The van der Waals surface area contributed by atoms with Crippen LogP contribution in [0.2, 0.25) is 0 Å². The average molecular weight is 476 g/mol. The van der Waals surface area contributed by atoms with Crippen molar-refractivity contribution in [1.29, 1.82) is 0 Å². The lowest BCUT2D eigenvalue weighted by molar-refractivity contribution is -0.142. The zero-order valence-electron chi connectivity index (χ0n) is 18.1. The van der Waals surface area contributed by atoms with Gasteiger partial charge in [-0.1, -0.05) is 30.0 Å². The summed E-state index contributed by atoms with van der Waals surface area (Å²) in [4.78, 5) is 28.2. The Hall–Kier alpha value is -2.92. The van der Waals surface area contributed by atoms with Gasteiger partial charge in [-0.25, -0.2) is 4.98 Å². The highest BCUT2D eigenvalue weighted by atomic mass is 32.2. The van der Waals surface area contributed by atoms with E-state index >= 15 is 0 Å². The first kappa shape index (κ1) is 23.7. The number of carbonyl (C=O) groups excluding carboxylic acids is 2. The van der Waals surface area contributed by atoms with Crippen LogP contribution in [0, 0.1) is 0 Å². The number of hydrogen-bond acceptors (Lipinski definition) is 9. The van der Waals surface area contributed by atoms with E-state index in [-0.39, 0.29) is 30.2 Å². The molecule has 3 aromatic rings. The monoisotopic (exact) mass is 475 g/mol. The standard InChI is InChI=1S/C21H25N5O4S2/c1-4-26-19(14(3)30-16-9-7-6-8-10-16)24-25-21(26)32-13-17(27)23-20-22-15(12-31-20)11-18(28)29-5-2/h6-10,12,14H,4-5,11,13H2,1-3H3,(H,22,23,27). The van der Waals surface area contributed by atoms with E-state index in [4.69, 9.17) is 9.47 Å². The Morgan fingerprint density at radius 1 is 1.22 bits per heavy atom. The molecule has 0 aliphatic heterocycles. The first-order valence-corrected chi connectivity index (χ1v) is 12.0. The van der Waals surface area contributed by atoms with Crippen molar-refractivity contribution in [2.75, 3.05) is 17.7 Å². The van der Waals surface area contributed by atoms with Crippen LogP contribution in [0.1, 0.15) is 38.4 Å². The van der Waals surface area contributed by atoms with Gasteiger partial charge in [0.1, 0.15) is 5.75 Å². The van der Waals surface area contributed by atoms with Gasteiger partial charge in [0.05, 0.1) is 24.5 Å². The number of thioether (sulfide) groups is 1. The smallest absolute Gasteiger partial charge is 0.311 e. The van der Waals surface area contributed by atoms with Crippen molar-refractivity contribution in [1.82, 2.24) is 19.7 Å². The molecule has 0 bridgehead atoms. The number of anilines is 1. The summed E-state index contributed by atoms with van der Waals surface area (Å²) in [5.74, 6) is 1.05. The quantitative estimate of drug-likeness (QED) is 0.330. The number of benzene rings is 1. The summed E-state index contributed by atoms with van der Waals surface area (Å²) in [6, 6.07) is 9.53. The molecule has 1 amide bonds. The van der Waals surface area contributed by atoms with Crippen molar-refractivity contribution >= 4 is 40.1 Å². The molecule has 0 aliphatic carbocycles. The van der Waals surface area contributed by atoms with E-state index < -0.39 is 0 Å². The van der Waals surface area contributed by atoms with Gasteiger partial charge in [-0.2, -0.15) is 0 Å². The molecule has 2 heterocycles. The molecule has 9 nitrogen and oxygen atoms in total. The number of amides is 1. The van der Waals surface area contributed by atoms with Crippen LogP contribution in [0.15, 0.2) is 40.9 Å². The second-order valence-electron chi connectivity index (χ2n) is 6.62. The van der Waals surface area contributed by atoms with Gasteiger partial charge < -0.3 is 19.4 Å². The predicted octanol–water partition coefficient (Wildman–Crippen LogP) is 3.73. The molecule has 1 atom stereocenters. The Kier molecular flexibility index (Phi) is 8.63. The summed E-state index contributed by atoms with van der Waals surface area (Å²) in [6.07, 6.45) is -0.207. The van der Waals surface area contributed by atoms with Gasteiger partial charge >= 0.3 is 5.97 Å². The Labute approximate surface area is 194 Å². The molecule has 170 valence electrons. The molecule has 0 spiro atoms. The van der Waals surface area contributed by atoms with E-state index in [0.717, 1.165) is 5.75 Å². The van der Waals surface area contributed by atoms with Crippen molar-refractivity contribution in [3.8, 4) is 5.75 Å². The SMILES string of the molecule is CCOC(=O)Cc1csc(NC(=O)CSc2nnc(C(C)Oc3ccccc3)n2CC)n1. The molecule has 2 aromatic heterocycles. The predicted molar refractivity (Wildman–Crippen MR) is 123 cm³/mol. The molecule has 0 fully saturated rings. The minimum Gasteiger partial charge on any atom is -0.483 e. The number of nitrogens with zero attached hydrogens (tertiary/aromatic N) is 4. The van der Waals surface area contributed by atoms with Gasteiger partial charge in [0.2, 0.25) is 5.91 Å². The molecule has 32 heavy (non-hydrogen) atoms. The Bertz CT molecular complexity index is 1040. The first-order valence-electron chi connectivity index (χ1n) is 10.2. The van der Waals surface area contributed by atoms with Crippen LogP contribution in [0.5, 0.6) is 5.75 Å². The van der Waals surface area contributed by atoms with E-state index in [9.17, 15) is 9.59 Å². The fraction of sp³-hybridized carbons (Fsp3) is 0.381. The Balaban J connectivity index is 1.54. The molecular weight excluding hydrogens is 450 g/mol. The number of aromatic nitrogens is 4. The highest BCUT2D eigenvalue weighted by Crippen LogP contribution is 2.25. The number of thiazole rings is 1. The van der Waals surface area contributed by atoms with Crippen molar-refractivity contribution in [3.63, 3.8) is 0 Å². The fourth-order valence-corrected chi connectivity index (χ4v) is 4.39. The molecule has 11 heteroatoms. The maximum absolute atomic E-state index is 12.4. The van der Waals surface area contributed by atoms with Crippen LogP contribution in [-0.4, -0.2) is 44.0 Å². The van der Waals surface area contributed by atoms with Gasteiger partial charge in [-0.3, -0.25) is 9.59 Å². The van der Waals surface area contributed by atoms with E-state index in [1.807, 2.05) is 48.7 Å². The van der Waals surface area contributed by atoms with Crippen molar-refractivity contribution < 1.29 is 19.1 Å². The van der Waals surface area contributed by atoms with E-state index in [1.165, 1.54) is 23.1 Å². The maximum Gasteiger partial charge on any atom is 0.311 e. The largest absolute Gasteiger partial charge is 0.483 e. The molecule has 1 aromatic carbocycles. The summed E-state index contributed by atoms with van der Waals surface area (Å²) in [5, 5.41) is 14.1. The molecule has 1 unspecified atom stereocenters. The van der Waals surface area contributed by atoms with Crippen molar-refractivity contribution in [2.45, 2.75) is 45.0 Å². The highest BCUT2D eigenvalue weighted by molar-refractivity contribution is 7.99. The molecule has 3 rings (SSSR count). The van der Waals surface area contributed by atoms with Crippen LogP contribution in [0.4, 0.5) is 5.13 Å². The lowest BCUT2D eigenvalue weighted by Crippen LogP contribution is -2.15. The summed E-state index contributed by atoms with van der Waals surface area (Å²) in [7, 11) is 0. The molecule has 0 saturated heterocycles. The van der Waals surface area contributed by atoms with Crippen LogP contribution in [-0.2, 0) is 27.3 Å². The zero-order valence-corrected chi connectivity index (χ0v) is 19.7. The third-order valence-electron chi connectivity index (χ3n) is 4.24. The fourth-order valence-electron chi connectivity index (χ4n) is 2.85. The minimum atomic E-state index is -0.341. The minimum absolute atomic E-state index is 0.0839. The number of ether oxygens (including phenoxy) is 2. The third-order valence-corrected chi connectivity index (χ3v) is 6.02. The molecule has 0 aliphatic rings. The summed E-state index contributed by atoms with van der Waals surface area (Å²) in [6.45, 7) is 6.64. The van der Waals surface area contributed by atoms with Crippen molar-refractivity contribution in [3.05, 3.63) is 47.2 Å². The first-order chi connectivity index (χ1) is 15.5. The van der Waals surface area contributed by atoms with Gasteiger partial charge in [0.15, 0.2) is 22.2 Å². The van der Waals surface area contributed by atoms with Crippen LogP contribution >= 0.6 is 23.1 Å². The second-order valence-corrected chi connectivity index (χ2v) is 8.42. The Morgan fingerprint density at radius 3 is 2.72 bits per heavy atom. The Morgan fingerprint density at radius 2 is 2.00 bits per heavy atom. The lowest BCUT2D eigenvalue weighted by Gasteiger charge is -2.15. The molecule has 0 radical (unpaired) electrons. The molecular formula is C21H25N5O4S2. The third kappa shape index (κ3) is 6.54. The number of carbonyl (C=O) groups is 2. The zero-order chi connectivity index (χ0) is 22.9. The summed E-state index contributed by atoms with van der Waals surface area (Å²) < 4.78 is 12.8. The van der Waals surface area contributed by atoms with E-state index in [1.54, 1.807) is 12.3 Å². The van der Waals surface area contributed by atoms with Gasteiger partial charge in [-0.05, 0) is 32.9 Å². The van der Waals surface area contributed by atoms with Gasteiger partial charge in [0.25, 0.3) is 0 Å². The molecule has 1 N–H and O–H groups in total. The van der Waals surface area contributed by atoms with Gasteiger partial charge in [0, 0.05) is 11.9 Å². The number of nitrogens with one attached hydrogen (secondary N) is 1. The van der Waals surface area contributed by atoms with Crippen molar-refractivity contribution in [2.24, 2.45) is 0 Å². The van der Waals surface area contributed by atoms with Crippen LogP contribution in [0.25, 0.3) is 0 Å². The normalized spacial score (nSPS) is 11.7. The number of para-hydroxylation sites is 1. The van der Waals surface area contributed by atoms with Crippen LogP contribution in [0.3, 0.4) is 0 Å². The lowest BCUT2D eigenvalue weighted by atomic mass is 10.3. The maximum atomic E-state index is 12.4. The number of rotatable bonds is 11. The van der Waals surface area contributed by atoms with E-state index in [2.05, 4.69) is 20.5 Å². The average Bonchev–Trinajstić information content (AvgIpc) is 3.39. The molecule has 0 saturated carbocycles. The summed E-state index contributed by atoms with van der Waals surface area (Å²) >= 11 is 2.56. The number of hydrogen-bond donors (Lipinski definition) is 1. The van der Waals surface area contributed by atoms with Gasteiger partial charge in [-0.15, -0.1) is 21.5 Å². The topological polar surface area (TPSA) is 108 Å².